The fourth-order valence-corrected chi connectivity index (χ4v) is 2.47. The number of hydrogen-bond donors (Lipinski definition) is 1. The lowest BCUT2D eigenvalue weighted by Crippen LogP contribution is -2.19. The van der Waals surface area contributed by atoms with Crippen molar-refractivity contribution in [1.82, 2.24) is 4.98 Å². The molecule has 3 rings (SSSR count). The SMILES string of the molecule is Cc1ccc(C2C[C@@H](O)c3cc(Cl)ccc3O2)cn1. The number of aliphatic hydroxyl groups excluding tert-OH is 1. The number of halogens is 1. The van der Waals surface area contributed by atoms with Crippen LogP contribution in [-0.2, 0) is 0 Å². The number of pyridine rings is 1. The van der Waals surface area contributed by atoms with Crippen molar-refractivity contribution < 1.29 is 9.84 Å². The van der Waals surface area contributed by atoms with Crippen LogP contribution in [0.3, 0.4) is 0 Å². The van der Waals surface area contributed by atoms with Crippen LogP contribution >= 0.6 is 11.6 Å². The minimum Gasteiger partial charge on any atom is -0.485 e. The molecule has 2 heterocycles. The summed E-state index contributed by atoms with van der Waals surface area (Å²) in [5.74, 6) is 0.689. The van der Waals surface area contributed by atoms with E-state index >= 15 is 0 Å². The highest BCUT2D eigenvalue weighted by Crippen LogP contribution is 2.41. The highest BCUT2D eigenvalue weighted by molar-refractivity contribution is 6.30. The second-order valence-corrected chi connectivity index (χ2v) is 5.21. The molecule has 4 heteroatoms. The number of aliphatic hydroxyl groups is 1. The number of hydrogen-bond acceptors (Lipinski definition) is 3. The van der Waals surface area contributed by atoms with Crippen LogP contribution in [0.4, 0.5) is 0 Å². The maximum absolute atomic E-state index is 10.2. The fourth-order valence-electron chi connectivity index (χ4n) is 2.29. The minimum atomic E-state index is -0.561. The normalized spacial score (nSPS) is 21.6. The van der Waals surface area contributed by atoms with E-state index in [9.17, 15) is 5.11 Å². The van der Waals surface area contributed by atoms with Gasteiger partial charge in [0.05, 0.1) is 6.10 Å². The summed E-state index contributed by atoms with van der Waals surface area (Å²) in [4.78, 5) is 4.27. The van der Waals surface area contributed by atoms with E-state index < -0.39 is 6.10 Å². The van der Waals surface area contributed by atoms with Gasteiger partial charge in [-0.3, -0.25) is 4.98 Å². The van der Waals surface area contributed by atoms with Gasteiger partial charge in [0.1, 0.15) is 11.9 Å². The largest absolute Gasteiger partial charge is 0.485 e. The topological polar surface area (TPSA) is 42.4 Å². The van der Waals surface area contributed by atoms with Crippen LogP contribution in [0.25, 0.3) is 0 Å². The maximum Gasteiger partial charge on any atom is 0.128 e. The van der Waals surface area contributed by atoms with Gasteiger partial charge in [-0.25, -0.2) is 0 Å². The number of fused-ring (bicyclic) bond motifs is 1. The molecular weight excluding hydrogens is 262 g/mol. The molecule has 1 aliphatic heterocycles. The minimum absolute atomic E-state index is 0.170. The standard InChI is InChI=1S/C15H14ClNO2/c1-9-2-3-10(8-17-9)15-7-13(18)12-6-11(16)4-5-14(12)19-15/h2-6,8,13,15,18H,7H2,1H3/t13-,15?/m1/s1. The van der Waals surface area contributed by atoms with Crippen molar-refractivity contribution in [2.75, 3.05) is 0 Å². The van der Waals surface area contributed by atoms with E-state index in [0.29, 0.717) is 17.2 Å². The monoisotopic (exact) mass is 275 g/mol. The third kappa shape index (κ3) is 2.44. The van der Waals surface area contributed by atoms with Crippen molar-refractivity contribution in [2.45, 2.75) is 25.6 Å². The van der Waals surface area contributed by atoms with Gasteiger partial charge in [-0.1, -0.05) is 17.7 Å². The van der Waals surface area contributed by atoms with E-state index in [-0.39, 0.29) is 6.10 Å². The molecule has 98 valence electrons. The Morgan fingerprint density at radius 2 is 2.16 bits per heavy atom. The Balaban J connectivity index is 1.92. The Morgan fingerprint density at radius 1 is 1.32 bits per heavy atom. The van der Waals surface area contributed by atoms with Crippen molar-refractivity contribution in [3.05, 3.63) is 58.4 Å². The highest BCUT2D eigenvalue weighted by Gasteiger charge is 2.28. The second kappa shape index (κ2) is 4.83. The van der Waals surface area contributed by atoms with Gasteiger partial charge >= 0.3 is 0 Å². The Bertz CT molecular complexity index is 598. The lowest BCUT2D eigenvalue weighted by Gasteiger charge is -2.29. The Morgan fingerprint density at radius 3 is 2.89 bits per heavy atom. The van der Waals surface area contributed by atoms with Crippen molar-refractivity contribution in [1.29, 1.82) is 0 Å². The third-order valence-electron chi connectivity index (χ3n) is 3.34. The summed E-state index contributed by atoms with van der Waals surface area (Å²) < 4.78 is 5.92. The van der Waals surface area contributed by atoms with Crippen molar-refractivity contribution >= 4 is 11.6 Å². The van der Waals surface area contributed by atoms with Gasteiger partial charge in [0.2, 0.25) is 0 Å². The molecule has 1 N–H and O–H groups in total. The van der Waals surface area contributed by atoms with E-state index in [0.717, 1.165) is 16.8 Å². The first kappa shape index (κ1) is 12.5. The van der Waals surface area contributed by atoms with Gasteiger partial charge in [0.25, 0.3) is 0 Å². The zero-order valence-electron chi connectivity index (χ0n) is 10.5. The van der Waals surface area contributed by atoms with E-state index in [1.54, 1.807) is 24.4 Å². The van der Waals surface area contributed by atoms with Crippen LogP contribution in [0.1, 0.15) is 35.4 Å². The molecule has 1 unspecified atom stereocenters. The molecule has 1 aromatic carbocycles. The second-order valence-electron chi connectivity index (χ2n) is 4.77. The average Bonchev–Trinajstić information content (AvgIpc) is 2.40. The van der Waals surface area contributed by atoms with E-state index in [2.05, 4.69) is 4.98 Å². The summed E-state index contributed by atoms with van der Waals surface area (Å²) in [6, 6.07) is 9.26. The van der Waals surface area contributed by atoms with Crippen LogP contribution in [0.15, 0.2) is 36.5 Å². The third-order valence-corrected chi connectivity index (χ3v) is 3.58. The average molecular weight is 276 g/mol. The van der Waals surface area contributed by atoms with E-state index in [1.807, 2.05) is 19.1 Å². The summed E-state index contributed by atoms with van der Waals surface area (Å²) >= 11 is 5.94. The molecule has 2 aromatic rings. The van der Waals surface area contributed by atoms with Gasteiger partial charge in [-0.15, -0.1) is 0 Å². The van der Waals surface area contributed by atoms with Crippen LogP contribution < -0.4 is 4.74 Å². The Hall–Kier alpha value is -1.58. The zero-order valence-corrected chi connectivity index (χ0v) is 11.3. The summed E-state index contributed by atoms with van der Waals surface area (Å²) in [7, 11) is 0. The quantitative estimate of drug-likeness (QED) is 0.865. The number of nitrogens with zero attached hydrogens (tertiary/aromatic N) is 1. The molecule has 1 aliphatic rings. The molecule has 0 saturated carbocycles. The van der Waals surface area contributed by atoms with E-state index in [4.69, 9.17) is 16.3 Å². The molecule has 0 spiro atoms. The van der Waals surface area contributed by atoms with Gasteiger partial charge < -0.3 is 9.84 Å². The molecule has 19 heavy (non-hydrogen) atoms. The predicted octanol–water partition coefficient (Wildman–Crippen LogP) is 3.60. The maximum atomic E-state index is 10.2. The first-order valence-corrected chi connectivity index (χ1v) is 6.58. The van der Waals surface area contributed by atoms with Gasteiger partial charge in [-0.2, -0.15) is 0 Å². The van der Waals surface area contributed by atoms with Gasteiger partial charge in [0.15, 0.2) is 0 Å². The van der Waals surface area contributed by atoms with Crippen molar-refractivity contribution in [2.24, 2.45) is 0 Å². The molecule has 3 nitrogen and oxygen atoms in total. The molecule has 0 saturated heterocycles. The lowest BCUT2D eigenvalue weighted by molar-refractivity contribution is 0.0656. The Kier molecular flexibility index (Phi) is 3.17. The fraction of sp³-hybridized carbons (Fsp3) is 0.267. The first-order valence-electron chi connectivity index (χ1n) is 6.20. The molecule has 0 fully saturated rings. The molecule has 0 radical (unpaired) electrons. The van der Waals surface area contributed by atoms with Gasteiger partial charge in [0, 0.05) is 34.5 Å². The van der Waals surface area contributed by atoms with E-state index in [1.165, 1.54) is 0 Å². The number of aryl methyl sites for hydroxylation is 1. The summed E-state index contributed by atoms with van der Waals surface area (Å²) in [5, 5.41) is 10.8. The lowest BCUT2D eigenvalue weighted by atomic mass is 9.96. The molecule has 0 bridgehead atoms. The van der Waals surface area contributed by atoms with Crippen LogP contribution in [-0.4, -0.2) is 10.1 Å². The number of aromatic nitrogens is 1. The molecular formula is C15H14ClNO2. The summed E-state index contributed by atoms with van der Waals surface area (Å²) in [5.41, 5.74) is 2.70. The Labute approximate surface area is 116 Å². The van der Waals surface area contributed by atoms with Crippen molar-refractivity contribution in [3.8, 4) is 5.75 Å². The summed E-state index contributed by atoms with van der Waals surface area (Å²) in [6.45, 7) is 1.94. The van der Waals surface area contributed by atoms with Gasteiger partial charge in [-0.05, 0) is 31.2 Å². The first-order chi connectivity index (χ1) is 9.13. The zero-order chi connectivity index (χ0) is 13.4. The van der Waals surface area contributed by atoms with Crippen molar-refractivity contribution in [3.63, 3.8) is 0 Å². The van der Waals surface area contributed by atoms with Crippen LogP contribution in [0, 0.1) is 6.92 Å². The predicted molar refractivity (Wildman–Crippen MR) is 73.4 cm³/mol. The highest BCUT2D eigenvalue weighted by atomic mass is 35.5. The number of benzene rings is 1. The number of ether oxygens (including phenoxy) is 1. The van der Waals surface area contributed by atoms with Crippen LogP contribution in [0.2, 0.25) is 5.02 Å². The number of rotatable bonds is 1. The summed E-state index contributed by atoms with van der Waals surface area (Å²) in [6.07, 6.45) is 1.58. The molecule has 0 amide bonds. The smallest absolute Gasteiger partial charge is 0.128 e. The molecule has 0 aliphatic carbocycles. The van der Waals surface area contributed by atoms with Crippen LogP contribution in [0.5, 0.6) is 5.75 Å². The molecule has 2 atom stereocenters. The molecule has 1 aromatic heterocycles.